The van der Waals surface area contributed by atoms with E-state index in [2.05, 4.69) is 38.2 Å². The second kappa shape index (κ2) is 7.64. The van der Waals surface area contributed by atoms with Crippen LogP contribution in [-0.4, -0.2) is 57.0 Å². The number of pyridine rings is 1. The SMILES string of the molecule is C=S1(=O)CCC(C(=O)N2CCN(c3cccnc3)CC2c2cccs2)CC1. The topological polar surface area (TPSA) is 53.5 Å². The quantitative estimate of drug-likeness (QED) is 0.740. The summed E-state index contributed by atoms with van der Waals surface area (Å²) in [4.78, 5) is 23.1. The van der Waals surface area contributed by atoms with E-state index in [-0.39, 0.29) is 17.9 Å². The number of aromatic nitrogens is 1. The Hall–Kier alpha value is -1.86. The van der Waals surface area contributed by atoms with E-state index in [1.54, 1.807) is 17.5 Å². The lowest BCUT2D eigenvalue weighted by Gasteiger charge is -2.43. The lowest BCUT2D eigenvalue weighted by Crippen LogP contribution is -2.52. The Morgan fingerprint density at radius 2 is 2.04 bits per heavy atom. The number of amides is 1. The molecular formula is C20H25N3O2S2. The Morgan fingerprint density at radius 1 is 1.22 bits per heavy atom. The number of hydrogen-bond donors (Lipinski definition) is 0. The van der Waals surface area contributed by atoms with Crippen LogP contribution in [0.1, 0.15) is 23.8 Å². The van der Waals surface area contributed by atoms with Gasteiger partial charge in [-0.05, 0) is 51.8 Å². The third kappa shape index (κ3) is 4.04. The number of piperazine rings is 1. The van der Waals surface area contributed by atoms with Crippen LogP contribution in [-0.2, 0) is 14.3 Å². The maximum Gasteiger partial charge on any atom is 0.226 e. The molecule has 1 amide bonds. The fourth-order valence-electron chi connectivity index (χ4n) is 3.99. The van der Waals surface area contributed by atoms with Gasteiger partial charge in [0.2, 0.25) is 5.91 Å². The van der Waals surface area contributed by atoms with Gasteiger partial charge in [0, 0.05) is 48.1 Å². The Kier molecular flexibility index (Phi) is 5.23. The molecule has 0 radical (unpaired) electrons. The molecule has 0 aliphatic carbocycles. The van der Waals surface area contributed by atoms with Crippen LogP contribution < -0.4 is 4.90 Å². The standard InChI is InChI=1S/C20H25N3O2S2/c1-27(25)12-6-16(7-13-27)20(24)23-10-9-22(17-4-2-8-21-14-17)15-18(23)19-5-3-11-26-19/h2-5,8,11,14,16,18H,1,6-7,9-10,12-13,15H2. The van der Waals surface area contributed by atoms with Crippen molar-refractivity contribution in [3.63, 3.8) is 0 Å². The zero-order valence-electron chi connectivity index (χ0n) is 15.3. The molecule has 1 atom stereocenters. The van der Waals surface area contributed by atoms with Crippen molar-refractivity contribution < 1.29 is 9.00 Å². The first kappa shape index (κ1) is 18.5. The van der Waals surface area contributed by atoms with Gasteiger partial charge in [0.15, 0.2) is 0 Å². The lowest BCUT2D eigenvalue weighted by molar-refractivity contribution is -0.138. The minimum atomic E-state index is -1.97. The molecule has 2 aromatic rings. The summed E-state index contributed by atoms with van der Waals surface area (Å²) >= 11 is 1.70. The molecule has 2 aliphatic rings. The van der Waals surface area contributed by atoms with Gasteiger partial charge in [-0.1, -0.05) is 6.07 Å². The van der Waals surface area contributed by atoms with Crippen molar-refractivity contribution in [3.05, 3.63) is 46.9 Å². The minimum Gasteiger partial charge on any atom is -0.366 e. The van der Waals surface area contributed by atoms with Crippen molar-refractivity contribution in [2.45, 2.75) is 18.9 Å². The predicted octanol–water partition coefficient (Wildman–Crippen LogP) is 2.66. The Labute approximate surface area is 165 Å². The van der Waals surface area contributed by atoms with Crippen molar-refractivity contribution in [2.24, 2.45) is 5.92 Å². The van der Waals surface area contributed by atoms with Crippen molar-refractivity contribution in [3.8, 4) is 0 Å². The highest BCUT2D eigenvalue weighted by atomic mass is 32.2. The monoisotopic (exact) mass is 403 g/mol. The molecule has 27 heavy (non-hydrogen) atoms. The molecule has 2 saturated heterocycles. The van der Waals surface area contributed by atoms with E-state index in [9.17, 15) is 9.00 Å². The van der Waals surface area contributed by atoms with Crippen LogP contribution >= 0.6 is 11.3 Å². The summed E-state index contributed by atoms with van der Waals surface area (Å²) in [5.74, 6) is 5.17. The van der Waals surface area contributed by atoms with Crippen LogP contribution in [0.15, 0.2) is 42.0 Å². The first-order valence-corrected chi connectivity index (χ1v) is 12.3. The molecule has 7 heteroatoms. The lowest BCUT2D eigenvalue weighted by atomic mass is 9.98. The van der Waals surface area contributed by atoms with E-state index in [1.807, 2.05) is 18.3 Å². The van der Waals surface area contributed by atoms with Crippen LogP contribution in [0.2, 0.25) is 0 Å². The van der Waals surface area contributed by atoms with Gasteiger partial charge in [-0.15, -0.1) is 11.3 Å². The maximum absolute atomic E-state index is 13.3. The van der Waals surface area contributed by atoms with E-state index in [4.69, 9.17) is 0 Å². The molecule has 0 saturated carbocycles. The summed E-state index contributed by atoms with van der Waals surface area (Å²) in [5.41, 5.74) is 1.10. The van der Waals surface area contributed by atoms with E-state index < -0.39 is 9.52 Å². The van der Waals surface area contributed by atoms with E-state index in [0.717, 1.165) is 18.8 Å². The number of anilines is 1. The summed E-state index contributed by atoms with van der Waals surface area (Å²) in [5, 5.41) is 2.07. The highest BCUT2D eigenvalue weighted by molar-refractivity contribution is 8.00. The molecule has 2 aromatic heterocycles. The van der Waals surface area contributed by atoms with Crippen molar-refractivity contribution in [1.82, 2.24) is 9.88 Å². The molecular weight excluding hydrogens is 378 g/mol. The molecule has 144 valence electrons. The fourth-order valence-corrected chi connectivity index (χ4v) is 6.45. The zero-order chi connectivity index (χ0) is 18.9. The van der Waals surface area contributed by atoms with Gasteiger partial charge in [-0.3, -0.25) is 14.0 Å². The number of nitrogens with zero attached hydrogens (tertiary/aromatic N) is 3. The molecule has 0 spiro atoms. The molecule has 4 heterocycles. The van der Waals surface area contributed by atoms with Gasteiger partial charge in [0.1, 0.15) is 0 Å². The first-order chi connectivity index (χ1) is 13.0. The molecule has 5 nitrogen and oxygen atoms in total. The van der Waals surface area contributed by atoms with E-state index in [1.165, 1.54) is 4.88 Å². The van der Waals surface area contributed by atoms with Crippen molar-refractivity contribution in [1.29, 1.82) is 0 Å². The Balaban J connectivity index is 1.54. The fraction of sp³-hybridized carbons (Fsp3) is 0.450. The second-order valence-electron chi connectivity index (χ2n) is 7.37. The summed E-state index contributed by atoms with van der Waals surface area (Å²) in [6.45, 7) is 2.28. The summed E-state index contributed by atoms with van der Waals surface area (Å²) in [7, 11) is -1.97. The number of rotatable bonds is 3. The first-order valence-electron chi connectivity index (χ1n) is 9.35. The average molecular weight is 404 g/mol. The highest BCUT2D eigenvalue weighted by Crippen LogP contribution is 2.33. The van der Waals surface area contributed by atoms with Crippen LogP contribution in [0.25, 0.3) is 0 Å². The van der Waals surface area contributed by atoms with E-state index >= 15 is 0 Å². The van der Waals surface area contributed by atoms with Gasteiger partial charge < -0.3 is 9.80 Å². The van der Waals surface area contributed by atoms with Crippen molar-refractivity contribution in [2.75, 3.05) is 36.0 Å². The van der Waals surface area contributed by atoms with Gasteiger partial charge in [-0.2, -0.15) is 0 Å². The molecule has 4 rings (SSSR count). The van der Waals surface area contributed by atoms with Gasteiger partial charge in [0.25, 0.3) is 0 Å². The normalized spacial score (nSPS) is 28.9. The maximum atomic E-state index is 13.3. The molecule has 0 N–H and O–H groups in total. The summed E-state index contributed by atoms with van der Waals surface area (Å²) < 4.78 is 12.2. The van der Waals surface area contributed by atoms with Crippen LogP contribution in [0.4, 0.5) is 5.69 Å². The van der Waals surface area contributed by atoms with Gasteiger partial charge >= 0.3 is 0 Å². The van der Waals surface area contributed by atoms with Crippen LogP contribution in [0.5, 0.6) is 0 Å². The zero-order valence-corrected chi connectivity index (χ0v) is 17.0. The minimum absolute atomic E-state index is 0.0197. The number of carbonyl (C=O) groups is 1. The molecule has 2 aliphatic heterocycles. The van der Waals surface area contributed by atoms with Gasteiger partial charge in [0.05, 0.1) is 17.9 Å². The third-order valence-electron chi connectivity index (χ3n) is 5.57. The predicted molar refractivity (Wildman–Crippen MR) is 113 cm³/mol. The molecule has 0 aromatic carbocycles. The average Bonchev–Trinajstić information content (AvgIpc) is 3.22. The Bertz CT molecular complexity index is 867. The van der Waals surface area contributed by atoms with Crippen LogP contribution in [0, 0.1) is 5.92 Å². The number of hydrogen-bond acceptors (Lipinski definition) is 5. The highest BCUT2D eigenvalue weighted by Gasteiger charge is 2.36. The molecule has 0 bridgehead atoms. The second-order valence-corrected chi connectivity index (χ2v) is 11.1. The largest absolute Gasteiger partial charge is 0.366 e. The van der Waals surface area contributed by atoms with Crippen LogP contribution in [0.3, 0.4) is 0 Å². The summed E-state index contributed by atoms with van der Waals surface area (Å²) in [6, 6.07) is 8.24. The molecule has 2 fully saturated rings. The Morgan fingerprint density at radius 3 is 2.70 bits per heavy atom. The summed E-state index contributed by atoms with van der Waals surface area (Å²) in [6.07, 6.45) is 5.06. The van der Waals surface area contributed by atoms with Gasteiger partial charge in [-0.25, -0.2) is 0 Å². The third-order valence-corrected chi connectivity index (χ3v) is 8.50. The van der Waals surface area contributed by atoms with Crippen molar-refractivity contribution >= 4 is 38.3 Å². The number of carbonyl (C=O) groups excluding carboxylic acids is 1. The number of thiophene rings is 1. The smallest absolute Gasteiger partial charge is 0.226 e. The van der Waals surface area contributed by atoms with E-state index in [0.29, 0.717) is 30.9 Å². The molecule has 1 unspecified atom stereocenters.